The van der Waals surface area contributed by atoms with Crippen LogP contribution >= 0.6 is 0 Å². The first-order valence-electron chi connectivity index (χ1n) is 10.5. The first kappa shape index (κ1) is 20.8. The molecule has 158 valence electrons. The van der Waals surface area contributed by atoms with Crippen LogP contribution < -0.4 is 16.8 Å². The van der Waals surface area contributed by atoms with E-state index in [4.69, 9.17) is 11.5 Å². The molecule has 0 atom stereocenters. The molecule has 4 aromatic rings. The number of aryl methyl sites for hydroxylation is 4. The lowest BCUT2D eigenvalue weighted by Gasteiger charge is -2.11. The Balaban J connectivity index is 1.58. The van der Waals surface area contributed by atoms with Gasteiger partial charge < -0.3 is 16.8 Å². The maximum absolute atomic E-state index is 12.1. The molecule has 31 heavy (non-hydrogen) atoms. The molecule has 0 fully saturated rings. The number of carbonyl (C=O) groups is 1. The molecular formula is C25H27N5O. The van der Waals surface area contributed by atoms with E-state index >= 15 is 0 Å². The highest BCUT2D eigenvalue weighted by Crippen LogP contribution is 2.28. The Morgan fingerprint density at radius 2 is 1.87 bits per heavy atom. The molecule has 0 aliphatic rings. The second-order valence-corrected chi connectivity index (χ2v) is 7.94. The molecule has 0 spiro atoms. The highest BCUT2D eigenvalue weighted by atomic mass is 16.1. The number of fused-ring (bicyclic) bond motifs is 3. The van der Waals surface area contributed by atoms with Gasteiger partial charge in [-0.2, -0.15) is 0 Å². The number of anilines is 1. The van der Waals surface area contributed by atoms with Crippen molar-refractivity contribution in [2.75, 3.05) is 18.8 Å². The number of nitrogens with two attached hydrogens (primary N) is 2. The van der Waals surface area contributed by atoms with Gasteiger partial charge in [0, 0.05) is 35.6 Å². The Kier molecular flexibility index (Phi) is 5.82. The number of nitrogen functional groups attached to an aromatic ring is 1. The van der Waals surface area contributed by atoms with E-state index in [-0.39, 0.29) is 5.91 Å². The van der Waals surface area contributed by atoms with Crippen LogP contribution in [0, 0.1) is 13.8 Å². The number of nitrogens with one attached hydrogen (secondary N) is 1. The highest BCUT2D eigenvalue weighted by Gasteiger charge is 2.10. The van der Waals surface area contributed by atoms with Crippen molar-refractivity contribution in [1.29, 1.82) is 0 Å². The molecule has 2 aromatic heterocycles. The zero-order chi connectivity index (χ0) is 22.0. The van der Waals surface area contributed by atoms with Crippen LogP contribution in [0.2, 0.25) is 0 Å². The Hall–Kier alpha value is -3.51. The predicted molar refractivity (Wildman–Crippen MR) is 126 cm³/mol. The number of hydrogen-bond acceptors (Lipinski definition) is 5. The van der Waals surface area contributed by atoms with E-state index in [1.807, 2.05) is 44.3 Å². The topological polar surface area (TPSA) is 107 Å². The number of benzene rings is 2. The van der Waals surface area contributed by atoms with Crippen molar-refractivity contribution in [2.45, 2.75) is 26.7 Å². The van der Waals surface area contributed by atoms with Crippen molar-refractivity contribution in [3.63, 3.8) is 0 Å². The molecule has 0 aliphatic carbocycles. The average molecular weight is 414 g/mol. The van der Waals surface area contributed by atoms with Crippen molar-refractivity contribution >= 4 is 33.5 Å². The monoisotopic (exact) mass is 413 g/mol. The Morgan fingerprint density at radius 3 is 2.65 bits per heavy atom. The fourth-order valence-corrected chi connectivity index (χ4v) is 3.88. The summed E-state index contributed by atoms with van der Waals surface area (Å²) in [7, 11) is 0. The summed E-state index contributed by atoms with van der Waals surface area (Å²) >= 11 is 0. The second-order valence-electron chi connectivity index (χ2n) is 7.94. The minimum atomic E-state index is -0.0906. The summed E-state index contributed by atoms with van der Waals surface area (Å²) in [5.74, 6) is 0.367. The van der Waals surface area contributed by atoms with E-state index in [1.54, 1.807) is 0 Å². The number of nitrogens with zero attached hydrogens (tertiary/aromatic N) is 2. The van der Waals surface area contributed by atoms with Crippen LogP contribution in [-0.4, -0.2) is 29.0 Å². The van der Waals surface area contributed by atoms with Gasteiger partial charge in [-0.3, -0.25) is 9.78 Å². The molecule has 6 nitrogen and oxygen atoms in total. The zero-order valence-corrected chi connectivity index (χ0v) is 17.9. The van der Waals surface area contributed by atoms with Crippen LogP contribution in [-0.2, 0) is 12.8 Å². The number of pyridine rings is 2. The van der Waals surface area contributed by atoms with Crippen LogP contribution in [0.25, 0.3) is 21.8 Å². The molecule has 0 saturated heterocycles. The first-order valence-corrected chi connectivity index (χ1v) is 10.5. The van der Waals surface area contributed by atoms with Gasteiger partial charge in [0.1, 0.15) is 5.52 Å². The smallest absolute Gasteiger partial charge is 0.251 e. The summed E-state index contributed by atoms with van der Waals surface area (Å²) in [5.41, 5.74) is 18.5. The minimum Gasteiger partial charge on any atom is -0.382 e. The third-order valence-electron chi connectivity index (χ3n) is 5.59. The second kappa shape index (κ2) is 8.70. The first-order chi connectivity index (χ1) is 15.0. The van der Waals surface area contributed by atoms with E-state index in [0.29, 0.717) is 24.5 Å². The summed E-state index contributed by atoms with van der Waals surface area (Å²) in [4.78, 5) is 21.3. The van der Waals surface area contributed by atoms with Crippen LogP contribution in [0.5, 0.6) is 0 Å². The fraction of sp³-hybridized carbons (Fsp3) is 0.240. The van der Waals surface area contributed by atoms with Gasteiger partial charge in [0.15, 0.2) is 5.82 Å². The number of aromatic nitrogens is 2. The molecule has 2 aromatic carbocycles. The molecule has 6 heteroatoms. The largest absolute Gasteiger partial charge is 0.382 e. The number of amides is 1. The molecule has 0 saturated carbocycles. The van der Waals surface area contributed by atoms with Crippen LogP contribution in [0.1, 0.15) is 32.6 Å². The maximum Gasteiger partial charge on any atom is 0.251 e. The lowest BCUT2D eigenvalue weighted by atomic mass is 9.98. The highest BCUT2D eigenvalue weighted by molar-refractivity contribution is 6.08. The minimum absolute atomic E-state index is 0.0906. The standard InChI is InChI=1S/C25H27N5O/c1-15-3-8-20-21-13-17(14-29-23(21)24(27)30-22(20)11-15)4-5-18-6-7-19(12-16(18)2)25(31)28-10-9-26/h3,6-8,11-14H,4-5,9-10,26H2,1-2H3,(H2,27,30)(H,28,31). The molecule has 4 rings (SSSR count). The van der Waals surface area contributed by atoms with E-state index in [1.165, 1.54) is 5.56 Å². The summed E-state index contributed by atoms with van der Waals surface area (Å²) in [6.07, 6.45) is 3.59. The van der Waals surface area contributed by atoms with E-state index in [9.17, 15) is 4.79 Å². The Bertz CT molecular complexity index is 1280. The van der Waals surface area contributed by atoms with Gasteiger partial charge in [-0.25, -0.2) is 4.98 Å². The van der Waals surface area contributed by atoms with Crippen molar-refractivity contribution in [1.82, 2.24) is 15.3 Å². The molecule has 1 amide bonds. The van der Waals surface area contributed by atoms with E-state index < -0.39 is 0 Å². The van der Waals surface area contributed by atoms with Gasteiger partial charge in [0.05, 0.1) is 5.52 Å². The average Bonchev–Trinajstić information content (AvgIpc) is 2.76. The van der Waals surface area contributed by atoms with Gasteiger partial charge >= 0.3 is 0 Å². The molecule has 5 N–H and O–H groups in total. The molecular weight excluding hydrogens is 386 g/mol. The fourth-order valence-electron chi connectivity index (χ4n) is 3.88. The van der Waals surface area contributed by atoms with Gasteiger partial charge in [-0.15, -0.1) is 0 Å². The molecule has 0 radical (unpaired) electrons. The summed E-state index contributed by atoms with van der Waals surface area (Å²) in [6.45, 7) is 4.99. The lowest BCUT2D eigenvalue weighted by Crippen LogP contribution is -2.29. The Morgan fingerprint density at radius 1 is 1.03 bits per heavy atom. The molecule has 0 bridgehead atoms. The summed E-state index contributed by atoms with van der Waals surface area (Å²) < 4.78 is 0. The SMILES string of the molecule is Cc1ccc2c(c1)nc(N)c1ncc(CCc3ccc(C(=O)NCCN)cc3C)cc12. The zero-order valence-electron chi connectivity index (χ0n) is 17.9. The van der Waals surface area contributed by atoms with E-state index in [2.05, 4.69) is 33.5 Å². The van der Waals surface area contributed by atoms with Crippen molar-refractivity contribution in [3.8, 4) is 0 Å². The lowest BCUT2D eigenvalue weighted by molar-refractivity contribution is 0.0954. The number of carbonyl (C=O) groups excluding carboxylic acids is 1. The quantitative estimate of drug-likeness (QED) is 0.420. The van der Waals surface area contributed by atoms with Gasteiger partial charge in [-0.05, 0) is 73.2 Å². The van der Waals surface area contributed by atoms with Gasteiger partial charge in [-0.1, -0.05) is 18.2 Å². The molecule has 2 heterocycles. The molecule has 0 aliphatic heterocycles. The van der Waals surface area contributed by atoms with Crippen LogP contribution in [0.3, 0.4) is 0 Å². The number of rotatable bonds is 6. The summed E-state index contributed by atoms with van der Waals surface area (Å²) in [5, 5.41) is 4.90. The van der Waals surface area contributed by atoms with Gasteiger partial charge in [0.2, 0.25) is 0 Å². The van der Waals surface area contributed by atoms with Gasteiger partial charge in [0.25, 0.3) is 5.91 Å². The van der Waals surface area contributed by atoms with Crippen molar-refractivity contribution in [3.05, 3.63) is 76.5 Å². The maximum atomic E-state index is 12.1. The predicted octanol–water partition coefficient (Wildman–Crippen LogP) is 3.46. The third kappa shape index (κ3) is 4.34. The van der Waals surface area contributed by atoms with Crippen molar-refractivity contribution in [2.24, 2.45) is 5.73 Å². The molecule has 0 unspecified atom stereocenters. The summed E-state index contributed by atoms with van der Waals surface area (Å²) in [6, 6.07) is 14.2. The Labute approximate surface area is 181 Å². The van der Waals surface area contributed by atoms with Crippen LogP contribution in [0.15, 0.2) is 48.7 Å². The number of hydrogen-bond donors (Lipinski definition) is 3. The van der Waals surface area contributed by atoms with Crippen molar-refractivity contribution < 1.29 is 4.79 Å². The van der Waals surface area contributed by atoms with E-state index in [0.717, 1.165) is 51.3 Å². The van der Waals surface area contributed by atoms with Crippen LogP contribution in [0.4, 0.5) is 5.82 Å². The normalized spacial score (nSPS) is 11.2. The third-order valence-corrected chi connectivity index (χ3v) is 5.59.